The average Bonchev–Trinajstić information content (AvgIpc) is 2.82. The van der Waals surface area contributed by atoms with Crippen LogP contribution in [0.5, 0.6) is 0 Å². The monoisotopic (exact) mass is 274 g/mol. The number of aryl methyl sites for hydroxylation is 3. The molecule has 0 aliphatic rings. The van der Waals surface area contributed by atoms with E-state index in [9.17, 15) is 0 Å². The fourth-order valence-corrected chi connectivity index (χ4v) is 3.41. The second-order valence-corrected chi connectivity index (χ2v) is 6.32. The second kappa shape index (κ2) is 6.33. The molecule has 1 heterocycles. The molecule has 1 aromatic heterocycles. The van der Waals surface area contributed by atoms with Crippen molar-refractivity contribution in [2.75, 3.05) is 0 Å². The Morgan fingerprint density at radius 2 is 1.74 bits per heavy atom. The molecule has 0 saturated carbocycles. The lowest BCUT2D eigenvalue weighted by atomic mass is 9.99. The minimum Gasteiger partial charge on any atom is -0.271 e. The molecular weight excluding hydrogens is 252 g/mol. The summed E-state index contributed by atoms with van der Waals surface area (Å²) < 4.78 is 0. The highest BCUT2D eigenvalue weighted by molar-refractivity contribution is 7.11. The van der Waals surface area contributed by atoms with Gasteiger partial charge in [-0.25, -0.2) is 0 Å². The normalized spacial score (nSPS) is 12.6. The van der Waals surface area contributed by atoms with Crippen molar-refractivity contribution >= 4 is 11.3 Å². The van der Waals surface area contributed by atoms with Gasteiger partial charge >= 0.3 is 0 Å². The molecular formula is C16H22N2S. The maximum absolute atomic E-state index is 5.75. The SMILES string of the molecule is CCc1ccc(CC(NN)c2cc(C)cc(C)c2)s1. The first kappa shape index (κ1) is 14.3. The van der Waals surface area contributed by atoms with Gasteiger partial charge < -0.3 is 0 Å². The van der Waals surface area contributed by atoms with Gasteiger partial charge in [0.15, 0.2) is 0 Å². The van der Waals surface area contributed by atoms with E-state index >= 15 is 0 Å². The summed E-state index contributed by atoms with van der Waals surface area (Å²) in [5.74, 6) is 5.75. The summed E-state index contributed by atoms with van der Waals surface area (Å²) in [6.45, 7) is 6.45. The molecule has 2 nitrogen and oxygen atoms in total. The van der Waals surface area contributed by atoms with Crippen molar-refractivity contribution < 1.29 is 0 Å². The van der Waals surface area contributed by atoms with Gasteiger partial charge in [-0.05, 0) is 38.0 Å². The largest absolute Gasteiger partial charge is 0.271 e. The minimum atomic E-state index is 0.182. The number of hydrogen-bond donors (Lipinski definition) is 2. The van der Waals surface area contributed by atoms with Crippen molar-refractivity contribution in [3.8, 4) is 0 Å². The van der Waals surface area contributed by atoms with Gasteiger partial charge in [-0.15, -0.1) is 11.3 Å². The molecule has 3 heteroatoms. The smallest absolute Gasteiger partial charge is 0.0508 e. The first-order valence-corrected chi connectivity index (χ1v) is 7.56. The number of nitrogens with two attached hydrogens (primary N) is 1. The van der Waals surface area contributed by atoms with Crippen molar-refractivity contribution in [2.45, 2.75) is 39.7 Å². The molecule has 2 aromatic rings. The van der Waals surface area contributed by atoms with Gasteiger partial charge in [0.25, 0.3) is 0 Å². The van der Waals surface area contributed by atoms with Crippen molar-refractivity contribution in [1.29, 1.82) is 0 Å². The van der Waals surface area contributed by atoms with Crippen LogP contribution in [0, 0.1) is 13.8 Å². The molecule has 1 atom stereocenters. The average molecular weight is 274 g/mol. The van der Waals surface area contributed by atoms with E-state index in [1.165, 1.54) is 26.4 Å². The van der Waals surface area contributed by atoms with E-state index in [1.807, 2.05) is 11.3 Å². The number of benzene rings is 1. The summed E-state index contributed by atoms with van der Waals surface area (Å²) in [6, 6.07) is 11.2. The number of hydrogen-bond acceptors (Lipinski definition) is 3. The molecule has 0 fully saturated rings. The molecule has 0 spiro atoms. The van der Waals surface area contributed by atoms with E-state index in [-0.39, 0.29) is 6.04 Å². The zero-order valence-electron chi connectivity index (χ0n) is 11.9. The Morgan fingerprint density at radius 1 is 1.11 bits per heavy atom. The highest BCUT2D eigenvalue weighted by Crippen LogP contribution is 2.25. The molecule has 0 aliphatic carbocycles. The van der Waals surface area contributed by atoms with Gasteiger partial charge in [0, 0.05) is 16.2 Å². The number of hydrazine groups is 1. The second-order valence-electron chi connectivity index (χ2n) is 5.07. The Balaban J connectivity index is 2.19. The lowest BCUT2D eigenvalue weighted by Crippen LogP contribution is -2.29. The molecule has 19 heavy (non-hydrogen) atoms. The summed E-state index contributed by atoms with van der Waals surface area (Å²) in [5.41, 5.74) is 6.80. The van der Waals surface area contributed by atoms with Crippen LogP contribution in [-0.2, 0) is 12.8 Å². The van der Waals surface area contributed by atoms with Crippen LogP contribution in [0.25, 0.3) is 0 Å². The van der Waals surface area contributed by atoms with E-state index in [0.29, 0.717) is 0 Å². The van der Waals surface area contributed by atoms with E-state index in [2.05, 4.69) is 56.5 Å². The molecule has 0 radical (unpaired) electrons. The van der Waals surface area contributed by atoms with E-state index in [1.54, 1.807) is 0 Å². The Kier molecular flexibility index (Phi) is 4.75. The Labute approximate surface area is 119 Å². The quantitative estimate of drug-likeness (QED) is 0.645. The van der Waals surface area contributed by atoms with E-state index in [0.717, 1.165) is 12.8 Å². The minimum absolute atomic E-state index is 0.182. The lowest BCUT2D eigenvalue weighted by Gasteiger charge is -2.17. The van der Waals surface area contributed by atoms with Crippen LogP contribution in [0.1, 0.15) is 39.4 Å². The van der Waals surface area contributed by atoms with Gasteiger partial charge in [0.1, 0.15) is 0 Å². The standard InChI is InChI=1S/C16H22N2S/c1-4-14-5-6-15(19-14)10-16(18-17)13-8-11(2)7-12(3)9-13/h5-9,16,18H,4,10,17H2,1-3H3. The van der Waals surface area contributed by atoms with E-state index < -0.39 is 0 Å². The fourth-order valence-electron chi connectivity index (χ4n) is 2.41. The Hall–Kier alpha value is -1.16. The number of nitrogens with one attached hydrogen (secondary N) is 1. The third-order valence-electron chi connectivity index (χ3n) is 3.32. The first-order chi connectivity index (χ1) is 9.12. The number of rotatable bonds is 5. The summed E-state index contributed by atoms with van der Waals surface area (Å²) in [6.07, 6.45) is 2.05. The van der Waals surface area contributed by atoms with Crippen LogP contribution < -0.4 is 11.3 Å². The highest BCUT2D eigenvalue weighted by atomic mass is 32.1. The molecule has 0 saturated heterocycles. The molecule has 3 N–H and O–H groups in total. The summed E-state index contributed by atoms with van der Waals surface area (Å²) in [4.78, 5) is 2.82. The van der Waals surface area contributed by atoms with Crippen LogP contribution in [0.2, 0.25) is 0 Å². The van der Waals surface area contributed by atoms with Crippen LogP contribution >= 0.6 is 11.3 Å². The van der Waals surface area contributed by atoms with Crippen molar-refractivity contribution in [2.24, 2.45) is 5.84 Å². The maximum atomic E-state index is 5.75. The molecule has 0 bridgehead atoms. The Morgan fingerprint density at radius 3 is 2.26 bits per heavy atom. The third kappa shape index (κ3) is 3.66. The van der Waals surface area contributed by atoms with Crippen molar-refractivity contribution in [3.63, 3.8) is 0 Å². The maximum Gasteiger partial charge on any atom is 0.0508 e. The molecule has 0 aliphatic heterocycles. The topological polar surface area (TPSA) is 38.0 Å². The summed E-state index contributed by atoms with van der Waals surface area (Å²) in [7, 11) is 0. The van der Waals surface area contributed by atoms with Crippen molar-refractivity contribution in [3.05, 3.63) is 56.8 Å². The lowest BCUT2D eigenvalue weighted by molar-refractivity contribution is 0.555. The van der Waals surface area contributed by atoms with Crippen LogP contribution in [-0.4, -0.2) is 0 Å². The van der Waals surface area contributed by atoms with Gasteiger partial charge in [0.2, 0.25) is 0 Å². The Bertz CT molecular complexity index is 525. The summed E-state index contributed by atoms with van der Waals surface area (Å²) >= 11 is 1.88. The predicted molar refractivity (Wildman–Crippen MR) is 83.4 cm³/mol. The fraction of sp³-hybridized carbons (Fsp3) is 0.375. The van der Waals surface area contributed by atoms with Crippen molar-refractivity contribution in [1.82, 2.24) is 5.43 Å². The molecule has 102 valence electrons. The predicted octanol–water partition coefficient (Wildman–Crippen LogP) is 3.67. The van der Waals surface area contributed by atoms with Crippen LogP contribution in [0.15, 0.2) is 30.3 Å². The molecule has 1 unspecified atom stereocenters. The molecule has 0 amide bonds. The summed E-state index contributed by atoms with van der Waals surface area (Å²) in [5, 5.41) is 0. The zero-order chi connectivity index (χ0) is 13.8. The van der Waals surface area contributed by atoms with E-state index in [4.69, 9.17) is 5.84 Å². The first-order valence-electron chi connectivity index (χ1n) is 6.74. The molecule has 1 aromatic carbocycles. The van der Waals surface area contributed by atoms with Crippen LogP contribution in [0.4, 0.5) is 0 Å². The highest BCUT2D eigenvalue weighted by Gasteiger charge is 2.12. The van der Waals surface area contributed by atoms with Gasteiger partial charge in [-0.3, -0.25) is 11.3 Å². The molecule has 2 rings (SSSR count). The van der Waals surface area contributed by atoms with Gasteiger partial charge in [0.05, 0.1) is 6.04 Å². The number of thiophene rings is 1. The van der Waals surface area contributed by atoms with Gasteiger partial charge in [-0.1, -0.05) is 36.2 Å². The zero-order valence-corrected chi connectivity index (χ0v) is 12.7. The third-order valence-corrected chi connectivity index (χ3v) is 4.57. The van der Waals surface area contributed by atoms with Gasteiger partial charge in [-0.2, -0.15) is 0 Å². The van der Waals surface area contributed by atoms with Crippen LogP contribution in [0.3, 0.4) is 0 Å².